The van der Waals surface area contributed by atoms with Gasteiger partial charge >= 0.3 is 0 Å². The number of benzene rings is 1. The van der Waals surface area contributed by atoms with Crippen LogP contribution in [-0.4, -0.2) is 35.3 Å². The fourth-order valence-corrected chi connectivity index (χ4v) is 6.31. The number of ketones is 1. The number of hydrogen-bond donors (Lipinski definition) is 1. The molecule has 2 aliphatic rings. The zero-order chi connectivity index (χ0) is 19.3. The highest BCUT2D eigenvalue weighted by Gasteiger charge is 2.49. The van der Waals surface area contributed by atoms with Crippen LogP contribution in [0.3, 0.4) is 0 Å². The summed E-state index contributed by atoms with van der Waals surface area (Å²) in [6.45, 7) is 7.70. The lowest BCUT2D eigenvalue weighted by atomic mass is 9.61. The number of halogens is 1. The molecule has 0 spiro atoms. The standard InChI is InChI=1S/C23H31BrN2O/c1-5-14(6-2)10-19(27)15-12-23(3)17-8-7-9-18-21(17)16(22(24)25-18)11-20(23)26(4)13-15/h7-9,14-15,20,25H,5-6,10-13H2,1-4H3. The van der Waals surface area contributed by atoms with Crippen molar-refractivity contribution in [3.05, 3.63) is 33.9 Å². The Labute approximate surface area is 171 Å². The van der Waals surface area contributed by atoms with E-state index in [1.54, 1.807) is 0 Å². The van der Waals surface area contributed by atoms with Crippen LogP contribution >= 0.6 is 15.9 Å². The Kier molecular flexibility index (Phi) is 5.00. The van der Waals surface area contributed by atoms with Gasteiger partial charge in [-0.15, -0.1) is 0 Å². The Morgan fingerprint density at radius 2 is 2.11 bits per heavy atom. The quantitative estimate of drug-likeness (QED) is 0.683. The van der Waals surface area contributed by atoms with E-state index in [9.17, 15) is 4.79 Å². The van der Waals surface area contributed by atoms with Gasteiger partial charge in [-0.05, 0) is 58.9 Å². The molecule has 1 aromatic heterocycles. The van der Waals surface area contributed by atoms with Crippen LogP contribution in [0, 0.1) is 11.8 Å². The van der Waals surface area contributed by atoms with E-state index in [0.717, 1.165) is 43.3 Å². The topological polar surface area (TPSA) is 36.1 Å². The van der Waals surface area contributed by atoms with E-state index in [-0.39, 0.29) is 11.3 Å². The van der Waals surface area contributed by atoms with Crippen LogP contribution in [0.25, 0.3) is 10.9 Å². The van der Waals surface area contributed by atoms with E-state index in [1.165, 1.54) is 22.0 Å². The van der Waals surface area contributed by atoms with E-state index in [0.29, 0.717) is 17.7 Å². The Balaban J connectivity index is 1.71. The fraction of sp³-hybridized carbons (Fsp3) is 0.609. The number of Topliss-reactive ketones (excluding diaryl/α,β-unsaturated/α-hetero) is 1. The molecular weight excluding hydrogens is 400 g/mol. The highest BCUT2D eigenvalue weighted by molar-refractivity contribution is 9.10. The number of aromatic amines is 1. The molecule has 0 radical (unpaired) electrons. The minimum atomic E-state index is 0.0232. The van der Waals surface area contributed by atoms with Gasteiger partial charge in [0.15, 0.2) is 0 Å². The molecule has 0 amide bonds. The summed E-state index contributed by atoms with van der Waals surface area (Å²) in [5, 5.41) is 1.38. The fourth-order valence-electron chi connectivity index (χ4n) is 5.73. The van der Waals surface area contributed by atoms with Gasteiger partial charge in [0.1, 0.15) is 5.78 Å². The monoisotopic (exact) mass is 430 g/mol. The number of aromatic nitrogens is 1. The largest absolute Gasteiger partial charge is 0.349 e. The molecule has 4 heteroatoms. The van der Waals surface area contributed by atoms with Crippen LogP contribution in [-0.2, 0) is 16.6 Å². The van der Waals surface area contributed by atoms with Crippen LogP contribution < -0.4 is 0 Å². The molecule has 4 rings (SSSR count). The second-order valence-corrected chi connectivity index (χ2v) is 9.77. The number of nitrogens with one attached hydrogen (secondary N) is 1. The molecule has 0 saturated carbocycles. The van der Waals surface area contributed by atoms with E-state index in [4.69, 9.17) is 0 Å². The second kappa shape index (κ2) is 7.04. The Hall–Kier alpha value is -1.13. The summed E-state index contributed by atoms with van der Waals surface area (Å²) in [5.41, 5.74) is 4.05. The molecule has 2 aromatic rings. The molecular formula is C23H31BrN2O. The van der Waals surface area contributed by atoms with Crippen molar-refractivity contribution in [2.75, 3.05) is 13.6 Å². The van der Waals surface area contributed by atoms with Gasteiger partial charge in [0, 0.05) is 41.2 Å². The van der Waals surface area contributed by atoms with Crippen molar-refractivity contribution in [3.63, 3.8) is 0 Å². The van der Waals surface area contributed by atoms with Crippen molar-refractivity contribution in [2.24, 2.45) is 11.8 Å². The van der Waals surface area contributed by atoms with Crippen molar-refractivity contribution in [3.8, 4) is 0 Å². The maximum Gasteiger partial charge on any atom is 0.137 e. The molecule has 1 N–H and O–H groups in total. The van der Waals surface area contributed by atoms with Gasteiger partial charge in [-0.25, -0.2) is 0 Å². The number of piperidine rings is 1. The first-order chi connectivity index (χ1) is 12.9. The summed E-state index contributed by atoms with van der Waals surface area (Å²) >= 11 is 3.74. The number of fused-ring (bicyclic) bond motifs is 2. The van der Waals surface area contributed by atoms with Gasteiger partial charge in [0.2, 0.25) is 0 Å². The number of carbonyl (C=O) groups is 1. The van der Waals surface area contributed by atoms with Crippen molar-refractivity contribution >= 4 is 32.6 Å². The summed E-state index contributed by atoms with van der Waals surface area (Å²) < 4.78 is 1.12. The molecule has 1 aliphatic heterocycles. The maximum atomic E-state index is 13.1. The molecule has 146 valence electrons. The first kappa shape index (κ1) is 19.2. The van der Waals surface area contributed by atoms with Crippen LogP contribution in [0.1, 0.15) is 57.6 Å². The van der Waals surface area contributed by atoms with Crippen LogP contribution in [0.2, 0.25) is 0 Å². The second-order valence-electron chi connectivity index (χ2n) is 8.98. The summed E-state index contributed by atoms with van der Waals surface area (Å²) in [5.74, 6) is 1.16. The Morgan fingerprint density at radius 3 is 2.81 bits per heavy atom. The number of H-pyrrole nitrogens is 1. The highest BCUT2D eigenvalue weighted by Crippen LogP contribution is 2.50. The lowest BCUT2D eigenvalue weighted by molar-refractivity contribution is -0.127. The van der Waals surface area contributed by atoms with Gasteiger partial charge in [0.25, 0.3) is 0 Å². The normalized spacial score (nSPS) is 27.9. The predicted molar refractivity (Wildman–Crippen MR) is 115 cm³/mol. The number of likely N-dealkylation sites (tertiary alicyclic amines) is 1. The van der Waals surface area contributed by atoms with E-state index in [2.05, 4.69) is 71.8 Å². The number of carbonyl (C=O) groups excluding carboxylic acids is 1. The number of rotatable bonds is 5. The number of likely N-dealkylation sites (N-methyl/N-ethyl adjacent to an activating group) is 1. The van der Waals surface area contributed by atoms with Crippen LogP contribution in [0.15, 0.2) is 22.8 Å². The smallest absolute Gasteiger partial charge is 0.137 e. The molecule has 3 nitrogen and oxygen atoms in total. The van der Waals surface area contributed by atoms with E-state index < -0.39 is 0 Å². The third kappa shape index (κ3) is 3.00. The maximum absolute atomic E-state index is 13.1. The van der Waals surface area contributed by atoms with Gasteiger partial charge < -0.3 is 9.88 Å². The highest BCUT2D eigenvalue weighted by atomic mass is 79.9. The van der Waals surface area contributed by atoms with E-state index >= 15 is 0 Å². The van der Waals surface area contributed by atoms with Crippen molar-refractivity contribution < 1.29 is 4.79 Å². The van der Waals surface area contributed by atoms with Crippen molar-refractivity contribution in [2.45, 2.75) is 64.3 Å². The minimum absolute atomic E-state index is 0.0232. The summed E-state index contributed by atoms with van der Waals surface area (Å²) in [6, 6.07) is 7.06. The molecule has 1 fully saturated rings. The van der Waals surface area contributed by atoms with Crippen LogP contribution in [0.5, 0.6) is 0 Å². The molecule has 3 atom stereocenters. The Bertz CT molecular complexity index is 869. The molecule has 27 heavy (non-hydrogen) atoms. The Morgan fingerprint density at radius 1 is 1.37 bits per heavy atom. The number of hydrogen-bond acceptors (Lipinski definition) is 2. The molecule has 0 bridgehead atoms. The van der Waals surface area contributed by atoms with Crippen molar-refractivity contribution in [1.82, 2.24) is 9.88 Å². The van der Waals surface area contributed by atoms with Crippen molar-refractivity contribution in [1.29, 1.82) is 0 Å². The lowest BCUT2D eigenvalue weighted by Gasteiger charge is -2.52. The minimum Gasteiger partial charge on any atom is -0.349 e. The molecule has 1 saturated heterocycles. The van der Waals surface area contributed by atoms with Crippen LogP contribution in [0.4, 0.5) is 0 Å². The average Bonchev–Trinajstić information content (AvgIpc) is 2.97. The zero-order valence-corrected chi connectivity index (χ0v) is 18.5. The zero-order valence-electron chi connectivity index (χ0n) is 16.9. The predicted octanol–water partition coefficient (Wildman–Crippen LogP) is 5.46. The van der Waals surface area contributed by atoms with Gasteiger partial charge in [0.05, 0.1) is 4.60 Å². The lowest BCUT2D eigenvalue weighted by Crippen LogP contribution is -2.58. The van der Waals surface area contributed by atoms with E-state index in [1.807, 2.05) is 0 Å². The summed E-state index contributed by atoms with van der Waals surface area (Å²) in [6.07, 6.45) is 4.97. The molecule has 3 unspecified atom stereocenters. The first-order valence-corrected chi connectivity index (χ1v) is 11.2. The first-order valence-electron chi connectivity index (χ1n) is 10.4. The molecule has 1 aromatic carbocycles. The van der Waals surface area contributed by atoms with Gasteiger partial charge in [-0.1, -0.05) is 45.7 Å². The molecule has 1 aliphatic carbocycles. The third-order valence-corrected chi connectivity index (χ3v) is 8.11. The SMILES string of the molecule is CCC(CC)CC(=O)C1CN(C)C2Cc3c(Br)[nH]c4cccc(c34)C2(C)C1. The average molecular weight is 431 g/mol. The summed E-state index contributed by atoms with van der Waals surface area (Å²) in [7, 11) is 2.21. The number of nitrogens with zero attached hydrogens (tertiary/aromatic N) is 1. The van der Waals surface area contributed by atoms with Gasteiger partial charge in [-0.3, -0.25) is 4.79 Å². The van der Waals surface area contributed by atoms with Gasteiger partial charge in [-0.2, -0.15) is 0 Å². The molecule has 2 heterocycles. The third-order valence-electron chi connectivity index (χ3n) is 7.43. The summed E-state index contributed by atoms with van der Waals surface area (Å²) in [4.78, 5) is 19.1.